The van der Waals surface area contributed by atoms with Gasteiger partial charge >= 0.3 is 0 Å². The van der Waals surface area contributed by atoms with Gasteiger partial charge in [0, 0.05) is 86.5 Å². The second-order valence-electron chi connectivity index (χ2n) is 28.7. The van der Waals surface area contributed by atoms with Gasteiger partial charge in [0.2, 0.25) is 0 Å². The highest BCUT2D eigenvalue weighted by molar-refractivity contribution is 6.39. The van der Waals surface area contributed by atoms with E-state index in [0.717, 1.165) is 105 Å². The molecule has 8 nitrogen and oxygen atoms in total. The van der Waals surface area contributed by atoms with Crippen LogP contribution in [0.5, 0.6) is 0 Å². The number of para-hydroxylation sites is 5. The van der Waals surface area contributed by atoms with Crippen molar-refractivity contribution in [3.63, 3.8) is 0 Å². The van der Waals surface area contributed by atoms with Gasteiger partial charge in [-0.1, -0.05) is 231 Å². The van der Waals surface area contributed by atoms with Crippen molar-refractivity contribution in [1.82, 2.24) is 37.9 Å². The van der Waals surface area contributed by atoms with E-state index < -0.39 is 0 Å². The van der Waals surface area contributed by atoms with Crippen LogP contribution >= 0.6 is 0 Å². The van der Waals surface area contributed by atoms with E-state index in [1.165, 1.54) is 125 Å². The van der Waals surface area contributed by atoms with Crippen molar-refractivity contribution in [2.45, 2.75) is 0 Å². The van der Waals surface area contributed by atoms with Crippen molar-refractivity contribution < 1.29 is 0 Å². The van der Waals surface area contributed by atoms with Crippen molar-refractivity contribution in [3.8, 4) is 56.7 Å². The molecule has 0 radical (unpaired) electrons. The molecular weight excluding hydrogens is 1290 g/mol. The van der Waals surface area contributed by atoms with Gasteiger partial charge in [0.15, 0.2) is 11.6 Å². The number of aromatic nitrogens is 8. The molecule has 106 heavy (non-hydrogen) atoms. The summed E-state index contributed by atoms with van der Waals surface area (Å²) in [5.41, 5.74) is 19.7. The van der Waals surface area contributed by atoms with Crippen LogP contribution in [0.3, 0.4) is 0 Å². The summed E-state index contributed by atoms with van der Waals surface area (Å²) in [4.78, 5) is 22.3. The third kappa shape index (κ3) is 7.49. The number of nitrogens with zero attached hydrogens (tertiary/aromatic N) is 8. The fraction of sp³-hybridized carbons (Fsp3) is 0. The zero-order valence-electron chi connectivity index (χ0n) is 56.8. The van der Waals surface area contributed by atoms with Gasteiger partial charge in [0.25, 0.3) is 0 Å². The van der Waals surface area contributed by atoms with Gasteiger partial charge in [-0.2, -0.15) is 0 Å². The Morgan fingerprint density at radius 2 is 0.547 bits per heavy atom. The molecule has 0 atom stereocenters. The molecule has 0 amide bonds. The minimum absolute atomic E-state index is 0.662. The van der Waals surface area contributed by atoms with Crippen molar-refractivity contribution in [2.24, 2.45) is 0 Å². The Morgan fingerprint density at radius 1 is 0.179 bits per heavy atom. The van der Waals surface area contributed by atoms with Crippen molar-refractivity contribution >= 4 is 185 Å². The predicted molar refractivity (Wildman–Crippen MR) is 442 cm³/mol. The minimum Gasteiger partial charge on any atom is -0.308 e. The van der Waals surface area contributed by atoms with Gasteiger partial charge < -0.3 is 8.80 Å². The molecule has 486 valence electrons. The van der Waals surface area contributed by atoms with Crippen molar-refractivity contribution in [2.75, 3.05) is 0 Å². The Morgan fingerprint density at radius 3 is 1.11 bits per heavy atom. The minimum atomic E-state index is 0.662. The monoisotopic (exact) mass is 1340 g/mol. The molecule has 0 bridgehead atoms. The van der Waals surface area contributed by atoms with Crippen molar-refractivity contribution in [1.29, 1.82) is 0 Å². The normalized spacial score (nSPS) is 12.5. The number of benzene rings is 17. The Balaban J connectivity index is 0.662. The first-order chi connectivity index (χ1) is 52.6. The van der Waals surface area contributed by atoms with Gasteiger partial charge in [-0.25, -0.2) is 19.9 Å². The number of hydrogen-bond donors (Lipinski definition) is 0. The molecule has 0 aliphatic heterocycles. The van der Waals surface area contributed by atoms with Crippen LogP contribution in [0.15, 0.2) is 328 Å². The van der Waals surface area contributed by atoms with Crippen LogP contribution in [0.2, 0.25) is 0 Å². The summed E-state index contributed by atoms with van der Waals surface area (Å²) in [7, 11) is 0. The zero-order valence-corrected chi connectivity index (χ0v) is 56.8. The topological polar surface area (TPSA) is 70.2 Å². The molecule has 8 aromatic heterocycles. The second-order valence-corrected chi connectivity index (χ2v) is 28.7. The quantitative estimate of drug-likeness (QED) is 0.156. The molecule has 0 fully saturated rings. The van der Waals surface area contributed by atoms with E-state index in [4.69, 9.17) is 19.9 Å². The Hall–Kier alpha value is -14.3. The van der Waals surface area contributed by atoms with Gasteiger partial charge in [0.1, 0.15) is 11.6 Å². The second kappa shape index (κ2) is 20.7. The lowest BCUT2D eigenvalue weighted by Gasteiger charge is -2.14. The molecular formula is C98H54N8. The van der Waals surface area contributed by atoms with E-state index in [0.29, 0.717) is 11.6 Å². The molecule has 8 heteroatoms. The van der Waals surface area contributed by atoms with Crippen LogP contribution in [0.1, 0.15) is 0 Å². The summed E-state index contributed by atoms with van der Waals surface area (Å²) in [5, 5.41) is 26.2. The number of rotatable bonds is 6. The fourth-order valence-corrected chi connectivity index (χ4v) is 18.8. The number of hydrogen-bond acceptors (Lipinski definition) is 4. The predicted octanol–water partition coefficient (Wildman–Crippen LogP) is 25.3. The molecule has 0 aliphatic rings. The highest BCUT2D eigenvalue weighted by Gasteiger charge is 2.30. The van der Waals surface area contributed by atoms with Crippen LogP contribution in [-0.4, -0.2) is 37.9 Å². The van der Waals surface area contributed by atoms with Gasteiger partial charge in [-0.3, -0.25) is 9.13 Å². The van der Waals surface area contributed by atoms with Crippen molar-refractivity contribution in [3.05, 3.63) is 328 Å². The van der Waals surface area contributed by atoms with Gasteiger partial charge in [-0.15, -0.1) is 0 Å². The molecule has 0 saturated carbocycles. The average Bonchev–Trinajstić information content (AvgIpc) is 1.52. The van der Waals surface area contributed by atoms with E-state index in [9.17, 15) is 0 Å². The van der Waals surface area contributed by atoms with Crippen LogP contribution in [0.25, 0.3) is 241 Å². The first kappa shape index (κ1) is 56.3. The highest BCUT2D eigenvalue weighted by Crippen LogP contribution is 2.52. The van der Waals surface area contributed by atoms with E-state index in [1.54, 1.807) is 0 Å². The molecule has 0 spiro atoms. The molecule has 8 heterocycles. The lowest BCUT2D eigenvalue weighted by atomic mass is 9.96. The summed E-state index contributed by atoms with van der Waals surface area (Å²) >= 11 is 0. The lowest BCUT2D eigenvalue weighted by molar-refractivity contribution is 1.08. The summed E-state index contributed by atoms with van der Waals surface area (Å²) in [5.74, 6) is 3.04. The average molecular weight is 1340 g/mol. The van der Waals surface area contributed by atoms with E-state index in [2.05, 4.69) is 346 Å². The summed E-state index contributed by atoms with van der Waals surface area (Å²) < 4.78 is 9.94. The first-order valence-corrected chi connectivity index (χ1v) is 36.3. The largest absolute Gasteiger partial charge is 0.308 e. The van der Waals surface area contributed by atoms with E-state index >= 15 is 0 Å². The Labute approximate surface area is 603 Å². The number of fused-ring (bicyclic) bond motifs is 29. The molecule has 25 aromatic rings. The summed E-state index contributed by atoms with van der Waals surface area (Å²) in [6.45, 7) is 0. The van der Waals surface area contributed by atoms with Gasteiger partial charge in [-0.05, 0) is 162 Å². The Kier molecular flexibility index (Phi) is 11.0. The van der Waals surface area contributed by atoms with Crippen LogP contribution in [0, 0.1) is 0 Å². The van der Waals surface area contributed by atoms with Crippen LogP contribution in [0.4, 0.5) is 0 Å². The standard InChI is InChI=1S/C98H54N8/c1-4-26-65-55(19-1)39-40-62-51-64(41-45-66(62)65)96-100-80-35-13-8-33-73(80)98(102-96)106-83-38-16-11-31-71(83)77-54-78-74-52-61(44-46-84(74)104-86-48-43-57-21-3-6-28-68(57)88(86)90(92(78)104)94(77)106)59-23-17-22-58(49-59)60-24-18-25-63(50-60)95-99-79-34-12-7-32-72(79)97(101-95)105-82-37-15-10-30-70(82)76-53-75-69-29-9-14-36-81(69)103-85-47-42-56-20-2-5-27-67(56)87(85)89(91(75)103)93(76)105/h1-54H. The molecule has 0 unspecified atom stereocenters. The van der Waals surface area contributed by atoms with Gasteiger partial charge in [0.05, 0.1) is 66.2 Å². The highest BCUT2D eigenvalue weighted by atomic mass is 15.1. The molecule has 0 aliphatic carbocycles. The molecule has 0 saturated heterocycles. The summed E-state index contributed by atoms with van der Waals surface area (Å²) in [6, 6.07) is 120. The first-order valence-electron chi connectivity index (χ1n) is 36.3. The molecule has 0 N–H and O–H groups in total. The maximum Gasteiger partial charge on any atom is 0.162 e. The molecule has 25 rings (SSSR count). The van der Waals surface area contributed by atoms with Crippen LogP contribution < -0.4 is 0 Å². The third-order valence-electron chi connectivity index (χ3n) is 23.3. The summed E-state index contributed by atoms with van der Waals surface area (Å²) in [6.07, 6.45) is 0. The SMILES string of the molecule is c1cc(-c2cccc(-c3nc(-n4c5ccccc5c5cc6c7ccccc7n7c8ccc9ccccc9c8c(c54)c67)c4ccccc4n3)c2)cc(-c2ccc3c(c2)c2cc4c5ccccc5n(-c5nc(-c6ccc7c(ccc8ccccc87)c6)nc6ccccc56)c4c4c5c6ccccc6ccc5n3c24)c1. The fourth-order valence-electron chi connectivity index (χ4n) is 18.8. The van der Waals surface area contributed by atoms with E-state index in [1.807, 2.05) is 0 Å². The lowest BCUT2D eigenvalue weighted by Crippen LogP contribution is -2.03. The zero-order chi connectivity index (χ0) is 68.7. The maximum atomic E-state index is 5.77. The third-order valence-corrected chi connectivity index (χ3v) is 23.3. The maximum absolute atomic E-state index is 5.77. The van der Waals surface area contributed by atoms with E-state index in [-0.39, 0.29) is 0 Å². The molecule has 17 aromatic carbocycles. The Bertz CT molecular complexity index is 8230. The van der Waals surface area contributed by atoms with Crippen LogP contribution in [-0.2, 0) is 0 Å². The smallest absolute Gasteiger partial charge is 0.162 e.